The van der Waals surface area contributed by atoms with Crippen molar-refractivity contribution in [2.75, 3.05) is 19.6 Å². The highest BCUT2D eigenvalue weighted by Gasteiger charge is 1.95. The Balaban J connectivity index is 1.99. The minimum atomic E-state index is 0.894. The standard InChI is InChI=1S/C11H20N2O/c1-3-4-12-5-6-13-8-11-7-10(2)14-9-11/h7,9,12-13H,3-6,8H2,1-2H3. The molecule has 1 heterocycles. The van der Waals surface area contributed by atoms with Crippen molar-refractivity contribution in [2.45, 2.75) is 26.8 Å². The van der Waals surface area contributed by atoms with Crippen LogP contribution < -0.4 is 10.6 Å². The van der Waals surface area contributed by atoms with Gasteiger partial charge in [0.25, 0.3) is 0 Å². The molecule has 0 amide bonds. The molecule has 0 unspecified atom stereocenters. The second-order valence-corrected chi connectivity index (χ2v) is 3.49. The van der Waals surface area contributed by atoms with Gasteiger partial charge in [0, 0.05) is 25.2 Å². The van der Waals surface area contributed by atoms with Gasteiger partial charge in [-0.05, 0) is 26.0 Å². The first-order valence-corrected chi connectivity index (χ1v) is 5.28. The minimum absolute atomic E-state index is 0.894. The lowest BCUT2D eigenvalue weighted by Gasteiger charge is -2.03. The van der Waals surface area contributed by atoms with Crippen molar-refractivity contribution in [2.24, 2.45) is 0 Å². The van der Waals surface area contributed by atoms with Gasteiger partial charge >= 0.3 is 0 Å². The summed E-state index contributed by atoms with van der Waals surface area (Å²) in [5, 5.41) is 6.69. The van der Waals surface area contributed by atoms with Crippen molar-refractivity contribution < 1.29 is 4.42 Å². The molecular formula is C11H20N2O. The molecule has 0 aromatic carbocycles. The maximum absolute atomic E-state index is 5.20. The van der Waals surface area contributed by atoms with Crippen molar-refractivity contribution in [3.63, 3.8) is 0 Å². The van der Waals surface area contributed by atoms with E-state index < -0.39 is 0 Å². The Bertz CT molecular complexity index is 245. The van der Waals surface area contributed by atoms with Crippen LogP contribution >= 0.6 is 0 Å². The fourth-order valence-electron chi connectivity index (χ4n) is 1.30. The summed E-state index contributed by atoms with van der Waals surface area (Å²) < 4.78 is 5.20. The van der Waals surface area contributed by atoms with Crippen LogP contribution in [-0.4, -0.2) is 19.6 Å². The summed E-state index contributed by atoms with van der Waals surface area (Å²) >= 11 is 0. The molecule has 1 rings (SSSR count). The number of hydrogen-bond donors (Lipinski definition) is 2. The second-order valence-electron chi connectivity index (χ2n) is 3.49. The smallest absolute Gasteiger partial charge is 0.101 e. The van der Waals surface area contributed by atoms with Gasteiger partial charge in [-0.3, -0.25) is 0 Å². The zero-order chi connectivity index (χ0) is 10.2. The summed E-state index contributed by atoms with van der Waals surface area (Å²) in [5.74, 6) is 0.978. The fraction of sp³-hybridized carbons (Fsp3) is 0.636. The molecule has 0 aliphatic heterocycles. The van der Waals surface area contributed by atoms with Crippen LogP contribution in [0.5, 0.6) is 0 Å². The molecule has 0 aliphatic rings. The van der Waals surface area contributed by atoms with E-state index in [9.17, 15) is 0 Å². The molecule has 0 bridgehead atoms. The molecule has 80 valence electrons. The van der Waals surface area contributed by atoms with E-state index in [0.717, 1.165) is 31.9 Å². The van der Waals surface area contributed by atoms with Crippen molar-refractivity contribution in [3.8, 4) is 0 Å². The normalized spacial score (nSPS) is 10.7. The third-order valence-corrected chi connectivity index (χ3v) is 2.02. The van der Waals surface area contributed by atoms with Gasteiger partial charge in [-0.1, -0.05) is 6.92 Å². The third-order valence-electron chi connectivity index (χ3n) is 2.02. The SMILES string of the molecule is CCCNCCNCc1coc(C)c1. The van der Waals surface area contributed by atoms with Crippen LogP contribution in [0.15, 0.2) is 16.7 Å². The topological polar surface area (TPSA) is 37.2 Å². The molecule has 0 saturated heterocycles. The largest absolute Gasteiger partial charge is 0.469 e. The summed E-state index contributed by atoms with van der Waals surface area (Å²) in [7, 11) is 0. The highest BCUT2D eigenvalue weighted by Crippen LogP contribution is 2.04. The molecule has 1 aromatic heterocycles. The number of nitrogens with one attached hydrogen (secondary N) is 2. The summed E-state index contributed by atoms with van der Waals surface area (Å²) in [6.07, 6.45) is 3.00. The van der Waals surface area contributed by atoms with E-state index in [1.807, 2.05) is 13.2 Å². The predicted molar refractivity (Wildman–Crippen MR) is 58.3 cm³/mol. The van der Waals surface area contributed by atoms with Crippen molar-refractivity contribution in [1.82, 2.24) is 10.6 Å². The van der Waals surface area contributed by atoms with Gasteiger partial charge in [-0.2, -0.15) is 0 Å². The molecule has 3 nitrogen and oxygen atoms in total. The molecule has 1 aromatic rings. The molecule has 0 spiro atoms. The average molecular weight is 196 g/mol. The Kier molecular flexibility index (Phi) is 5.33. The molecule has 0 fully saturated rings. The predicted octanol–water partition coefficient (Wildman–Crippen LogP) is 1.68. The van der Waals surface area contributed by atoms with Crippen LogP contribution in [0.25, 0.3) is 0 Å². The second kappa shape index (κ2) is 6.62. The Hall–Kier alpha value is -0.800. The Labute approximate surface area is 85.9 Å². The van der Waals surface area contributed by atoms with E-state index in [0.29, 0.717) is 0 Å². The number of rotatable bonds is 7. The van der Waals surface area contributed by atoms with Crippen molar-refractivity contribution >= 4 is 0 Å². The average Bonchev–Trinajstić information content (AvgIpc) is 2.58. The Morgan fingerprint density at radius 1 is 1.21 bits per heavy atom. The first kappa shape index (κ1) is 11.3. The lowest BCUT2D eigenvalue weighted by atomic mass is 10.3. The van der Waals surface area contributed by atoms with Crippen molar-refractivity contribution in [1.29, 1.82) is 0 Å². The van der Waals surface area contributed by atoms with Crippen LogP contribution in [0, 0.1) is 6.92 Å². The van der Waals surface area contributed by atoms with Gasteiger partial charge in [0.05, 0.1) is 6.26 Å². The van der Waals surface area contributed by atoms with E-state index >= 15 is 0 Å². The van der Waals surface area contributed by atoms with E-state index in [1.54, 1.807) is 0 Å². The van der Waals surface area contributed by atoms with Crippen LogP contribution in [0.3, 0.4) is 0 Å². The fourth-order valence-corrected chi connectivity index (χ4v) is 1.30. The monoisotopic (exact) mass is 196 g/mol. The van der Waals surface area contributed by atoms with E-state index in [-0.39, 0.29) is 0 Å². The Morgan fingerprint density at radius 3 is 2.64 bits per heavy atom. The van der Waals surface area contributed by atoms with Crippen molar-refractivity contribution in [3.05, 3.63) is 23.7 Å². The van der Waals surface area contributed by atoms with Crippen LogP contribution in [0.1, 0.15) is 24.7 Å². The lowest BCUT2D eigenvalue weighted by molar-refractivity contribution is 0.529. The molecular weight excluding hydrogens is 176 g/mol. The quantitative estimate of drug-likeness (QED) is 0.651. The summed E-state index contributed by atoms with van der Waals surface area (Å²) in [5.41, 5.74) is 1.22. The molecule has 0 saturated carbocycles. The van der Waals surface area contributed by atoms with Crippen LogP contribution in [-0.2, 0) is 6.54 Å². The number of aryl methyl sites for hydroxylation is 1. The zero-order valence-electron chi connectivity index (χ0n) is 9.10. The van der Waals surface area contributed by atoms with Gasteiger partial charge in [0.15, 0.2) is 0 Å². The van der Waals surface area contributed by atoms with Gasteiger partial charge in [0.1, 0.15) is 5.76 Å². The van der Waals surface area contributed by atoms with Crippen LogP contribution in [0.4, 0.5) is 0 Å². The third kappa shape index (κ3) is 4.44. The maximum atomic E-state index is 5.20. The molecule has 2 N–H and O–H groups in total. The molecule has 0 radical (unpaired) electrons. The van der Waals surface area contributed by atoms with Gasteiger partial charge in [-0.25, -0.2) is 0 Å². The Morgan fingerprint density at radius 2 is 2.00 bits per heavy atom. The molecule has 14 heavy (non-hydrogen) atoms. The molecule has 0 aliphatic carbocycles. The zero-order valence-corrected chi connectivity index (χ0v) is 9.10. The summed E-state index contributed by atoms with van der Waals surface area (Å²) in [4.78, 5) is 0. The maximum Gasteiger partial charge on any atom is 0.101 e. The highest BCUT2D eigenvalue weighted by molar-refractivity contribution is 5.10. The van der Waals surface area contributed by atoms with Gasteiger partial charge < -0.3 is 15.1 Å². The van der Waals surface area contributed by atoms with E-state index in [2.05, 4.69) is 23.6 Å². The summed E-state index contributed by atoms with van der Waals surface area (Å²) in [6, 6.07) is 2.06. The van der Waals surface area contributed by atoms with E-state index in [1.165, 1.54) is 12.0 Å². The summed E-state index contributed by atoms with van der Waals surface area (Å²) in [6.45, 7) is 8.17. The first-order valence-electron chi connectivity index (χ1n) is 5.28. The first-order chi connectivity index (χ1) is 6.83. The molecule has 3 heteroatoms. The number of hydrogen-bond acceptors (Lipinski definition) is 3. The highest BCUT2D eigenvalue weighted by atomic mass is 16.3. The minimum Gasteiger partial charge on any atom is -0.469 e. The number of furan rings is 1. The van der Waals surface area contributed by atoms with Gasteiger partial charge in [-0.15, -0.1) is 0 Å². The van der Waals surface area contributed by atoms with Crippen LogP contribution in [0.2, 0.25) is 0 Å². The van der Waals surface area contributed by atoms with Gasteiger partial charge in [0.2, 0.25) is 0 Å². The lowest BCUT2D eigenvalue weighted by Crippen LogP contribution is -2.27. The van der Waals surface area contributed by atoms with E-state index in [4.69, 9.17) is 4.42 Å². The molecule has 0 atom stereocenters.